The summed E-state index contributed by atoms with van der Waals surface area (Å²) in [5.41, 5.74) is 0. The number of halogens is 2. The fraction of sp³-hybridized carbons (Fsp3) is 0.857. The lowest BCUT2D eigenvalue weighted by molar-refractivity contribution is 0.247. The van der Waals surface area contributed by atoms with Gasteiger partial charge in [0.15, 0.2) is 0 Å². The molecule has 0 aliphatic heterocycles. The van der Waals surface area contributed by atoms with E-state index in [1.165, 1.54) is 6.42 Å². The van der Waals surface area contributed by atoms with E-state index in [1.54, 1.807) is 0 Å². The van der Waals surface area contributed by atoms with Gasteiger partial charge in [0.2, 0.25) is 0 Å². The average Bonchev–Trinajstić information content (AvgIpc) is 1.85. The van der Waals surface area contributed by atoms with Crippen LogP contribution in [-0.2, 0) is 0 Å². The molecular formula is C7H11Cl2NO. The highest BCUT2D eigenvalue weighted by Gasteiger charge is 2.30. The molecule has 0 aromatic carbocycles. The smallest absolute Gasteiger partial charge is 0.315 e. The largest absolute Gasteiger partial charge is 0.324 e. The zero-order chi connectivity index (χ0) is 8.32. The van der Waals surface area contributed by atoms with E-state index in [-0.39, 0.29) is 0 Å². The second-order valence-corrected chi connectivity index (χ2v) is 3.99. The monoisotopic (exact) mass is 195 g/mol. The fourth-order valence-electron chi connectivity index (χ4n) is 1.41. The molecule has 0 heterocycles. The summed E-state index contributed by atoms with van der Waals surface area (Å²) in [6, 6.07) is 0. The molecule has 1 aliphatic carbocycles. The number of hydrogen-bond acceptors (Lipinski definition) is 1. The Morgan fingerprint density at radius 3 is 2.27 bits per heavy atom. The van der Waals surface area contributed by atoms with Crippen LogP contribution >= 0.6 is 23.2 Å². The Balaban J connectivity index is 2.43. The Kier molecular flexibility index (Phi) is 3.02. The molecule has 0 atom stereocenters. The Morgan fingerprint density at radius 1 is 1.27 bits per heavy atom. The molecule has 64 valence electrons. The van der Waals surface area contributed by atoms with Crippen molar-refractivity contribution in [1.29, 1.82) is 0 Å². The molecule has 0 aromatic rings. The normalized spacial score (nSPS) is 22.7. The van der Waals surface area contributed by atoms with Gasteiger partial charge in [0, 0.05) is 0 Å². The van der Waals surface area contributed by atoms with Crippen molar-refractivity contribution in [2.45, 2.75) is 37.1 Å². The van der Waals surface area contributed by atoms with Crippen molar-refractivity contribution in [1.82, 2.24) is 5.32 Å². The van der Waals surface area contributed by atoms with Gasteiger partial charge in [-0.15, -0.1) is 0 Å². The lowest BCUT2D eigenvalue weighted by atomic mass is 9.95. The lowest BCUT2D eigenvalue weighted by Crippen LogP contribution is -2.42. The Labute approximate surface area is 76.2 Å². The predicted molar refractivity (Wildman–Crippen MR) is 46.1 cm³/mol. The zero-order valence-corrected chi connectivity index (χ0v) is 7.71. The minimum Gasteiger partial charge on any atom is -0.324 e. The van der Waals surface area contributed by atoms with Gasteiger partial charge in [0.25, 0.3) is 0 Å². The molecule has 0 radical (unpaired) electrons. The first-order chi connectivity index (χ1) is 5.12. The molecule has 1 saturated carbocycles. The maximum absolute atomic E-state index is 10.5. The van der Waals surface area contributed by atoms with Crippen LogP contribution in [0.2, 0.25) is 0 Å². The van der Waals surface area contributed by atoms with Crippen molar-refractivity contribution >= 4 is 28.6 Å². The van der Waals surface area contributed by atoms with Crippen molar-refractivity contribution in [2.75, 3.05) is 0 Å². The molecule has 1 amide bonds. The Bertz CT molecular complexity index is 155. The van der Waals surface area contributed by atoms with Gasteiger partial charge in [-0.2, -0.15) is 0 Å². The van der Waals surface area contributed by atoms with Crippen LogP contribution in [0.4, 0.5) is 4.79 Å². The van der Waals surface area contributed by atoms with Gasteiger partial charge in [0.05, 0.1) is 0 Å². The molecule has 0 unspecified atom stereocenters. The van der Waals surface area contributed by atoms with Crippen LogP contribution in [0, 0.1) is 0 Å². The van der Waals surface area contributed by atoms with E-state index < -0.39 is 10.4 Å². The molecule has 0 aromatic heterocycles. The maximum atomic E-state index is 10.5. The van der Waals surface area contributed by atoms with Crippen LogP contribution < -0.4 is 5.32 Å². The van der Waals surface area contributed by atoms with Gasteiger partial charge in [0.1, 0.15) is 5.00 Å². The van der Waals surface area contributed by atoms with Crippen molar-refractivity contribution in [3.8, 4) is 0 Å². The molecule has 1 fully saturated rings. The zero-order valence-electron chi connectivity index (χ0n) is 6.20. The van der Waals surface area contributed by atoms with E-state index in [9.17, 15) is 4.79 Å². The van der Waals surface area contributed by atoms with Crippen LogP contribution in [0.1, 0.15) is 32.1 Å². The average molecular weight is 196 g/mol. The second kappa shape index (κ2) is 3.63. The van der Waals surface area contributed by atoms with E-state index in [0.717, 1.165) is 25.7 Å². The first-order valence-electron chi connectivity index (χ1n) is 3.79. The maximum Gasteiger partial charge on any atom is 0.315 e. The third-order valence-electron chi connectivity index (χ3n) is 1.97. The first kappa shape index (κ1) is 9.14. The van der Waals surface area contributed by atoms with Gasteiger partial charge in [-0.05, 0) is 37.3 Å². The Morgan fingerprint density at radius 2 is 1.82 bits per heavy atom. The quantitative estimate of drug-likeness (QED) is 0.390. The van der Waals surface area contributed by atoms with Crippen LogP contribution in [0.3, 0.4) is 0 Å². The number of nitrogens with one attached hydrogen (secondary N) is 1. The van der Waals surface area contributed by atoms with Crippen LogP contribution in [-0.4, -0.2) is 10.4 Å². The summed E-state index contributed by atoms with van der Waals surface area (Å²) in [5, 5.41) is 2.00. The van der Waals surface area contributed by atoms with Crippen molar-refractivity contribution in [2.24, 2.45) is 0 Å². The second-order valence-electron chi connectivity index (χ2n) is 2.92. The molecule has 1 aliphatic rings. The highest BCUT2D eigenvalue weighted by Crippen LogP contribution is 2.31. The van der Waals surface area contributed by atoms with Gasteiger partial charge in [-0.25, -0.2) is 0 Å². The molecule has 0 bridgehead atoms. The summed E-state index contributed by atoms with van der Waals surface area (Å²) in [4.78, 5) is 9.93. The molecule has 0 spiro atoms. The summed E-state index contributed by atoms with van der Waals surface area (Å²) < 4.78 is 0. The number of hydrogen-bond donors (Lipinski definition) is 1. The number of rotatable bonds is 1. The predicted octanol–water partition coefficient (Wildman–Crippen LogP) is 2.83. The van der Waals surface area contributed by atoms with E-state index in [2.05, 4.69) is 5.32 Å². The lowest BCUT2D eigenvalue weighted by Gasteiger charge is -2.30. The summed E-state index contributed by atoms with van der Waals surface area (Å²) >= 11 is 11.2. The van der Waals surface area contributed by atoms with Crippen LogP contribution in [0.5, 0.6) is 0 Å². The fourth-order valence-corrected chi connectivity index (χ4v) is 2.00. The first-order valence-corrected chi connectivity index (χ1v) is 4.55. The summed E-state index contributed by atoms with van der Waals surface area (Å²) in [5.74, 6) is 0. The SMILES string of the molecule is O=C(Cl)NC1(Cl)CCCCC1. The van der Waals surface area contributed by atoms with Gasteiger partial charge in [-0.3, -0.25) is 4.79 Å². The molecular weight excluding hydrogens is 185 g/mol. The highest BCUT2D eigenvalue weighted by atomic mass is 35.5. The number of alkyl halides is 1. The number of carbonyl (C=O) groups is 1. The minimum atomic E-state index is -0.558. The summed E-state index contributed by atoms with van der Waals surface area (Å²) in [6.07, 6.45) is 4.99. The van der Waals surface area contributed by atoms with E-state index in [4.69, 9.17) is 23.2 Å². The topological polar surface area (TPSA) is 29.1 Å². The van der Waals surface area contributed by atoms with Crippen molar-refractivity contribution in [3.05, 3.63) is 0 Å². The summed E-state index contributed by atoms with van der Waals surface area (Å²) in [6.45, 7) is 0. The van der Waals surface area contributed by atoms with Crippen LogP contribution in [0.25, 0.3) is 0 Å². The summed E-state index contributed by atoms with van der Waals surface area (Å²) in [7, 11) is 0. The van der Waals surface area contributed by atoms with Crippen molar-refractivity contribution < 1.29 is 4.79 Å². The number of amides is 1. The molecule has 2 nitrogen and oxygen atoms in total. The molecule has 1 N–H and O–H groups in total. The highest BCUT2D eigenvalue weighted by molar-refractivity contribution is 6.63. The van der Waals surface area contributed by atoms with Gasteiger partial charge >= 0.3 is 5.37 Å². The third kappa shape index (κ3) is 2.88. The molecule has 4 heteroatoms. The number of carbonyl (C=O) groups excluding carboxylic acids is 1. The Hall–Kier alpha value is 0.0500. The molecule has 1 rings (SSSR count). The van der Waals surface area contributed by atoms with E-state index in [1.807, 2.05) is 0 Å². The minimum absolute atomic E-state index is 0.554. The molecule has 11 heavy (non-hydrogen) atoms. The van der Waals surface area contributed by atoms with E-state index in [0.29, 0.717) is 0 Å². The van der Waals surface area contributed by atoms with Crippen molar-refractivity contribution in [3.63, 3.8) is 0 Å². The van der Waals surface area contributed by atoms with E-state index >= 15 is 0 Å². The molecule has 0 saturated heterocycles. The van der Waals surface area contributed by atoms with Gasteiger partial charge in [-0.1, -0.05) is 18.0 Å². The van der Waals surface area contributed by atoms with Crippen LogP contribution in [0.15, 0.2) is 0 Å². The third-order valence-corrected chi connectivity index (χ3v) is 2.54. The van der Waals surface area contributed by atoms with Gasteiger partial charge < -0.3 is 5.32 Å². The standard InChI is InChI=1S/C7H11Cl2NO/c8-6(11)10-7(9)4-2-1-3-5-7/h1-5H2,(H,10,11).